The highest BCUT2D eigenvalue weighted by Crippen LogP contribution is 2.34. The smallest absolute Gasteiger partial charge is 0.321 e. The van der Waals surface area contributed by atoms with Crippen LogP contribution < -0.4 is 5.32 Å². The van der Waals surface area contributed by atoms with Gasteiger partial charge in [-0.15, -0.1) is 10.2 Å². The molecule has 2 amide bonds. The van der Waals surface area contributed by atoms with Gasteiger partial charge in [-0.05, 0) is 49.1 Å². The van der Waals surface area contributed by atoms with Crippen molar-refractivity contribution in [3.05, 3.63) is 30.1 Å². The monoisotopic (exact) mass is 381 g/mol. The summed E-state index contributed by atoms with van der Waals surface area (Å²) in [6.07, 6.45) is 5.46. The minimum Gasteiger partial charge on any atom is -0.325 e. The van der Waals surface area contributed by atoms with Gasteiger partial charge in [-0.1, -0.05) is 32.9 Å². The Labute approximate surface area is 167 Å². The van der Waals surface area contributed by atoms with Gasteiger partial charge in [0.1, 0.15) is 5.82 Å². The first kappa shape index (κ1) is 19.0. The fraction of sp³-hybridized carbons (Fsp3) is 0.591. The van der Waals surface area contributed by atoms with Gasteiger partial charge >= 0.3 is 6.03 Å². The van der Waals surface area contributed by atoms with Crippen molar-refractivity contribution in [2.75, 3.05) is 18.4 Å². The Morgan fingerprint density at radius 1 is 1.11 bits per heavy atom. The number of fused-ring (bicyclic) bond motifs is 1. The van der Waals surface area contributed by atoms with Gasteiger partial charge in [0.25, 0.3) is 0 Å². The van der Waals surface area contributed by atoms with Crippen molar-refractivity contribution in [1.29, 1.82) is 0 Å². The van der Waals surface area contributed by atoms with Crippen molar-refractivity contribution in [2.24, 2.45) is 11.3 Å². The van der Waals surface area contributed by atoms with E-state index in [4.69, 9.17) is 0 Å². The number of nitrogens with one attached hydrogen (secondary N) is 1. The number of aryl methyl sites for hydroxylation is 1. The molecule has 1 saturated heterocycles. The summed E-state index contributed by atoms with van der Waals surface area (Å²) in [4.78, 5) is 14.8. The third-order valence-electron chi connectivity index (χ3n) is 6.22. The molecule has 2 aromatic rings. The predicted octanol–water partition coefficient (Wildman–Crippen LogP) is 4.57. The maximum absolute atomic E-state index is 12.8. The first-order chi connectivity index (χ1) is 13.4. The molecular formula is C22H31N5O. The number of hydrogen-bond acceptors (Lipinski definition) is 3. The lowest BCUT2D eigenvalue weighted by Gasteiger charge is -2.29. The number of rotatable bonds is 2. The molecule has 0 radical (unpaired) electrons. The molecule has 1 fully saturated rings. The van der Waals surface area contributed by atoms with E-state index in [0.29, 0.717) is 11.3 Å². The van der Waals surface area contributed by atoms with Gasteiger partial charge in [0.2, 0.25) is 0 Å². The molecule has 1 aromatic carbocycles. The molecule has 6 heteroatoms. The maximum Gasteiger partial charge on any atom is 0.321 e. The fourth-order valence-corrected chi connectivity index (χ4v) is 4.47. The Bertz CT molecular complexity index is 851. The van der Waals surface area contributed by atoms with Crippen LogP contribution in [0.15, 0.2) is 24.3 Å². The topological polar surface area (TPSA) is 63.1 Å². The number of carbonyl (C=O) groups is 1. The van der Waals surface area contributed by atoms with E-state index in [-0.39, 0.29) is 6.03 Å². The largest absolute Gasteiger partial charge is 0.325 e. The molecule has 3 heterocycles. The quantitative estimate of drug-likeness (QED) is 0.829. The second-order valence-corrected chi connectivity index (χ2v) is 9.19. The summed E-state index contributed by atoms with van der Waals surface area (Å²) in [5, 5.41) is 11.7. The maximum atomic E-state index is 12.8. The molecule has 0 saturated carbocycles. The third-order valence-corrected chi connectivity index (χ3v) is 6.22. The van der Waals surface area contributed by atoms with Crippen molar-refractivity contribution in [1.82, 2.24) is 19.7 Å². The molecule has 0 bridgehead atoms. The number of hydrogen-bond donors (Lipinski definition) is 1. The van der Waals surface area contributed by atoms with E-state index in [1.165, 1.54) is 6.42 Å². The van der Waals surface area contributed by atoms with Crippen molar-refractivity contribution >= 4 is 11.7 Å². The van der Waals surface area contributed by atoms with Crippen LogP contribution in [0, 0.1) is 11.3 Å². The van der Waals surface area contributed by atoms with Crippen LogP contribution in [0.5, 0.6) is 0 Å². The average Bonchev–Trinajstić information content (AvgIpc) is 3.16. The Kier molecular flexibility index (Phi) is 5.13. The molecule has 0 spiro atoms. The van der Waals surface area contributed by atoms with Crippen molar-refractivity contribution in [3.8, 4) is 11.4 Å². The van der Waals surface area contributed by atoms with Crippen LogP contribution in [-0.4, -0.2) is 38.8 Å². The highest BCUT2D eigenvalue weighted by Gasteiger charge is 2.28. The number of aromatic nitrogens is 3. The average molecular weight is 382 g/mol. The summed E-state index contributed by atoms with van der Waals surface area (Å²) in [6.45, 7) is 9.54. The van der Waals surface area contributed by atoms with Crippen molar-refractivity contribution in [2.45, 2.75) is 59.4 Å². The third kappa shape index (κ3) is 3.91. The second kappa shape index (κ2) is 7.57. The van der Waals surface area contributed by atoms with E-state index >= 15 is 0 Å². The first-order valence-corrected chi connectivity index (χ1v) is 10.5. The van der Waals surface area contributed by atoms with E-state index in [1.807, 2.05) is 29.2 Å². The van der Waals surface area contributed by atoms with Gasteiger partial charge in [0.15, 0.2) is 5.82 Å². The second-order valence-electron chi connectivity index (χ2n) is 9.19. The van der Waals surface area contributed by atoms with Crippen molar-refractivity contribution in [3.63, 3.8) is 0 Å². The Morgan fingerprint density at radius 3 is 2.79 bits per heavy atom. The molecular weight excluding hydrogens is 350 g/mol. The lowest BCUT2D eigenvalue weighted by molar-refractivity contribution is 0.200. The summed E-state index contributed by atoms with van der Waals surface area (Å²) in [6, 6.07) is 7.95. The van der Waals surface area contributed by atoms with Gasteiger partial charge < -0.3 is 14.8 Å². The molecule has 1 N–H and O–H groups in total. The Morgan fingerprint density at radius 2 is 1.96 bits per heavy atom. The number of urea groups is 1. The van der Waals surface area contributed by atoms with E-state index in [2.05, 4.69) is 40.9 Å². The lowest BCUT2D eigenvalue weighted by atomic mass is 9.77. The number of anilines is 1. The van der Waals surface area contributed by atoms with Crippen LogP contribution in [0.25, 0.3) is 11.4 Å². The van der Waals surface area contributed by atoms with Crippen LogP contribution in [-0.2, 0) is 13.0 Å². The molecule has 4 rings (SSSR count). The highest BCUT2D eigenvalue weighted by atomic mass is 16.2. The summed E-state index contributed by atoms with van der Waals surface area (Å²) < 4.78 is 2.18. The zero-order chi connectivity index (χ0) is 19.7. The molecule has 1 aromatic heterocycles. The molecule has 2 aliphatic rings. The molecule has 1 atom stereocenters. The number of amides is 2. The van der Waals surface area contributed by atoms with Gasteiger partial charge in [-0.2, -0.15) is 0 Å². The number of carbonyl (C=O) groups excluding carboxylic acids is 1. The van der Waals surface area contributed by atoms with Crippen molar-refractivity contribution < 1.29 is 4.79 Å². The fourth-order valence-electron chi connectivity index (χ4n) is 4.47. The first-order valence-electron chi connectivity index (χ1n) is 10.5. The normalized spacial score (nSPS) is 20.0. The van der Waals surface area contributed by atoms with Crippen LogP contribution in [0.1, 0.15) is 52.3 Å². The summed E-state index contributed by atoms with van der Waals surface area (Å²) in [5.74, 6) is 2.62. The van der Waals surface area contributed by atoms with Crippen LogP contribution in [0.2, 0.25) is 0 Å². The number of likely N-dealkylation sites (tertiary alicyclic amines) is 1. The van der Waals surface area contributed by atoms with Gasteiger partial charge in [0, 0.05) is 37.3 Å². The lowest BCUT2D eigenvalue weighted by Crippen LogP contribution is -2.36. The standard InChI is InChI=1S/C22H31N5O/c1-22(2,3)17-8-5-12-26(14-11-17)21(28)23-18-9-4-7-16(15-18)20-25-24-19-10-6-13-27(19)20/h4,7,9,15,17H,5-6,8,10-14H2,1-3H3,(H,23,28)/t17-/m1/s1. The highest BCUT2D eigenvalue weighted by molar-refractivity contribution is 5.90. The summed E-state index contributed by atoms with van der Waals surface area (Å²) >= 11 is 0. The number of benzene rings is 1. The SMILES string of the molecule is CC(C)(C)[C@@H]1CCCN(C(=O)Nc2cccc(-c3nnc4n3CCC4)c2)CC1. The summed E-state index contributed by atoms with van der Waals surface area (Å²) in [5.41, 5.74) is 2.12. The van der Waals surface area contributed by atoms with E-state index in [1.54, 1.807) is 0 Å². The molecule has 6 nitrogen and oxygen atoms in total. The van der Waals surface area contributed by atoms with E-state index in [0.717, 1.165) is 68.2 Å². The molecule has 0 unspecified atom stereocenters. The Hall–Kier alpha value is -2.37. The van der Waals surface area contributed by atoms with Gasteiger partial charge in [-0.3, -0.25) is 0 Å². The van der Waals surface area contributed by atoms with E-state index < -0.39 is 0 Å². The molecule has 150 valence electrons. The number of nitrogens with zero attached hydrogens (tertiary/aromatic N) is 4. The molecule has 0 aliphatic carbocycles. The predicted molar refractivity (Wildman–Crippen MR) is 111 cm³/mol. The van der Waals surface area contributed by atoms with Gasteiger partial charge in [0.05, 0.1) is 0 Å². The van der Waals surface area contributed by atoms with E-state index in [9.17, 15) is 4.79 Å². The zero-order valence-corrected chi connectivity index (χ0v) is 17.2. The van der Waals surface area contributed by atoms with Gasteiger partial charge in [-0.25, -0.2) is 4.79 Å². The molecule has 2 aliphatic heterocycles. The van der Waals surface area contributed by atoms with Crippen LogP contribution in [0.4, 0.5) is 10.5 Å². The van der Waals surface area contributed by atoms with Crippen LogP contribution >= 0.6 is 0 Å². The minimum absolute atomic E-state index is 0.00168. The van der Waals surface area contributed by atoms with Crippen LogP contribution in [0.3, 0.4) is 0 Å². The minimum atomic E-state index is -0.00168. The summed E-state index contributed by atoms with van der Waals surface area (Å²) in [7, 11) is 0. The Balaban J connectivity index is 1.44. The zero-order valence-electron chi connectivity index (χ0n) is 17.2. The molecule has 28 heavy (non-hydrogen) atoms.